The highest BCUT2D eigenvalue weighted by Gasteiger charge is 2.33. The lowest BCUT2D eigenvalue weighted by Gasteiger charge is -2.39. The van der Waals surface area contributed by atoms with Gasteiger partial charge in [0, 0.05) is 50.9 Å². The molecule has 0 N–H and O–H groups in total. The van der Waals surface area contributed by atoms with Crippen LogP contribution in [0.2, 0.25) is 0 Å². The number of aromatic nitrogens is 2. The number of amides is 2. The number of rotatable bonds is 5. The number of piperazine rings is 1. The predicted molar refractivity (Wildman–Crippen MR) is 122 cm³/mol. The molecular formula is C24H33F2N5O2. The zero-order valence-corrected chi connectivity index (χ0v) is 19.6. The highest BCUT2D eigenvalue weighted by Crippen LogP contribution is 2.27. The molecule has 4 rings (SSSR count). The van der Waals surface area contributed by atoms with E-state index in [1.807, 2.05) is 18.7 Å². The van der Waals surface area contributed by atoms with Crippen molar-refractivity contribution < 1.29 is 18.4 Å². The normalized spacial score (nSPS) is 21.1. The fourth-order valence-corrected chi connectivity index (χ4v) is 5.03. The number of carbonyl (C=O) groups is 2. The Labute approximate surface area is 193 Å². The van der Waals surface area contributed by atoms with E-state index in [0.717, 1.165) is 31.5 Å². The third-order valence-corrected chi connectivity index (χ3v) is 6.97. The molecule has 2 saturated heterocycles. The molecule has 7 nitrogen and oxygen atoms in total. The highest BCUT2D eigenvalue weighted by molar-refractivity contribution is 5.84. The summed E-state index contributed by atoms with van der Waals surface area (Å²) < 4.78 is 29.1. The van der Waals surface area contributed by atoms with E-state index in [1.54, 1.807) is 9.47 Å². The minimum absolute atomic E-state index is 0.0651. The number of piperidine rings is 1. The van der Waals surface area contributed by atoms with Crippen LogP contribution in [0.5, 0.6) is 0 Å². The van der Waals surface area contributed by atoms with Gasteiger partial charge in [0.25, 0.3) is 0 Å². The van der Waals surface area contributed by atoms with Crippen molar-refractivity contribution in [3.05, 3.63) is 30.1 Å². The predicted octanol–water partition coefficient (Wildman–Crippen LogP) is 3.06. The molecule has 0 saturated carbocycles. The van der Waals surface area contributed by atoms with Crippen LogP contribution in [-0.4, -0.2) is 81.4 Å². The molecule has 2 amide bonds. The first kappa shape index (κ1) is 23.6. The Balaban J connectivity index is 1.41. The van der Waals surface area contributed by atoms with Crippen LogP contribution in [0, 0.1) is 17.6 Å². The standard InChI is InChI=1S/C24H33F2N5O2/c1-16(2)23(31-15-27-20-12-18(25)19(26)13-21(20)31)24(33)29-10-8-28(9-11-29)14-22(32)30-7-5-4-6-17(30)3/h12-13,15-17,23H,4-11,14H2,1-3H3. The van der Waals surface area contributed by atoms with E-state index in [0.29, 0.717) is 49.8 Å². The van der Waals surface area contributed by atoms with Gasteiger partial charge < -0.3 is 14.4 Å². The van der Waals surface area contributed by atoms with Crippen LogP contribution in [0.4, 0.5) is 8.78 Å². The van der Waals surface area contributed by atoms with Crippen LogP contribution >= 0.6 is 0 Å². The quantitative estimate of drug-likeness (QED) is 0.687. The largest absolute Gasteiger partial charge is 0.339 e. The van der Waals surface area contributed by atoms with Crippen molar-refractivity contribution in [3.8, 4) is 0 Å². The molecule has 1 aromatic heterocycles. The van der Waals surface area contributed by atoms with Crippen molar-refractivity contribution in [1.29, 1.82) is 0 Å². The van der Waals surface area contributed by atoms with Gasteiger partial charge in [-0.3, -0.25) is 14.5 Å². The maximum absolute atomic E-state index is 13.9. The molecule has 0 spiro atoms. The van der Waals surface area contributed by atoms with Gasteiger partial charge in [-0.2, -0.15) is 0 Å². The summed E-state index contributed by atoms with van der Waals surface area (Å²) in [5, 5.41) is 0. The van der Waals surface area contributed by atoms with E-state index >= 15 is 0 Å². The van der Waals surface area contributed by atoms with Crippen LogP contribution < -0.4 is 0 Å². The van der Waals surface area contributed by atoms with Crippen molar-refractivity contribution in [1.82, 2.24) is 24.3 Å². The number of fused-ring (bicyclic) bond motifs is 1. The van der Waals surface area contributed by atoms with Gasteiger partial charge in [-0.15, -0.1) is 0 Å². The van der Waals surface area contributed by atoms with Crippen molar-refractivity contribution in [2.75, 3.05) is 39.3 Å². The van der Waals surface area contributed by atoms with Gasteiger partial charge in [0.1, 0.15) is 6.04 Å². The fourth-order valence-electron chi connectivity index (χ4n) is 5.03. The second kappa shape index (κ2) is 9.75. The Morgan fingerprint density at radius 2 is 1.76 bits per heavy atom. The Kier molecular flexibility index (Phi) is 6.97. The molecule has 9 heteroatoms. The Bertz CT molecular complexity index is 1020. The highest BCUT2D eigenvalue weighted by atomic mass is 19.2. The number of benzene rings is 1. The maximum Gasteiger partial charge on any atom is 0.246 e. The number of imidazole rings is 1. The van der Waals surface area contributed by atoms with Crippen molar-refractivity contribution in [2.45, 2.75) is 52.1 Å². The lowest BCUT2D eigenvalue weighted by Crippen LogP contribution is -2.54. The summed E-state index contributed by atoms with van der Waals surface area (Å²) in [5.74, 6) is -1.88. The number of halogens is 2. The average Bonchev–Trinajstić information content (AvgIpc) is 3.16. The summed E-state index contributed by atoms with van der Waals surface area (Å²) in [5.41, 5.74) is 0.725. The molecule has 180 valence electrons. The van der Waals surface area contributed by atoms with Crippen LogP contribution in [0.15, 0.2) is 18.5 Å². The monoisotopic (exact) mass is 461 g/mol. The van der Waals surface area contributed by atoms with E-state index in [-0.39, 0.29) is 17.7 Å². The number of carbonyl (C=O) groups excluding carboxylic acids is 2. The topological polar surface area (TPSA) is 61.7 Å². The summed E-state index contributed by atoms with van der Waals surface area (Å²) in [6.07, 6.45) is 4.79. The molecule has 0 bridgehead atoms. The average molecular weight is 462 g/mol. The molecule has 2 fully saturated rings. The molecule has 2 aliphatic rings. The summed E-state index contributed by atoms with van der Waals surface area (Å²) in [6.45, 7) is 9.52. The molecule has 0 radical (unpaired) electrons. The minimum atomic E-state index is -0.958. The van der Waals surface area contributed by atoms with E-state index < -0.39 is 17.7 Å². The molecule has 33 heavy (non-hydrogen) atoms. The van der Waals surface area contributed by atoms with Gasteiger partial charge >= 0.3 is 0 Å². The van der Waals surface area contributed by atoms with Crippen molar-refractivity contribution >= 4 is 22.8 Å². The van der Waals surface area contributed by atoms with Gasteiger partial charge in [-0.1, -0.05) is 13.8 Å². The van der Waals surface area contributed by atoms with Gasteiger partial charge in [0.05, 0.1) is 23.9 Å². The molecule has 0 aliphatic carbocycles. The lowest BCUT2D eigenvalue weighted by molar-refractivity contribution is -0.139. The van der Waals surface area contributed by atoms with Crippen LogP contribution in [0.3, 0.4) is 0 Å². The molecule has 1 aromatic carbocycles. The fraction of sp³-hybridized carbons (Fsp3) is 0.625. The summed E-state index contributed by atoms with van der Waals surface area (Å²) in [7, 11) is 0. The number of nitrogens with zero attached hydrogens (tertiary/aromatic N) is 5. The van der Waals surface area contributed by atoms with Crippen LogP contribution in [0.1, 0.15) is 46.1 Å². The van der Waals surface area contributed by atoms with Crippen LogP contribution in [-0.2, 0) is 9.59 Å². The zero-order chi connectivity index (χ0) is 23.7. The molecule has 3 heterocycles. The summed E-state index contributed by atoms with van der Waals surface area (Å²) >= 11 is 0. The first-order chi connectivity index (χ1) is 15.8. The first-order valence-corrected chi connectivity index (χ1v) is 11.9. The maximum atomic E-state index is 13.9. The Morgan fingerprint density at radius 1 is 1.06 bits per heavy atom. The number of hydrogen-bond donors (Lipinski definition) is 0. The Hall–Kier alpha value is -2.55. The lowest BCUT2D eigenvalue weighted by atomic mass is 10.0. The molecule has 2 aliphatic heterocycles. The van der Waals surface area contributed by atoms with Gasteiger partial charge in [-0.05, 0) is 32.1 Å². The van der Waals surface area contributed by atoms with E-state index in [1.165, 1.54) is 12.7 Å². The second-order valence-corrected chi connectivity index (χ2v) is 9.63. The minimum Gasteiger partial charge on any atom is -0.339 e. The molecular weight excluding hydrogens is 428 g/mol. The van der Waals surface area contributed by atoms with Gasteiger partial charge in [0.15, 0.2) is 11.6 Å². The first-order valence-electron chi connectivity index (χ1n) is 11.9. The molecule has 2 atom stereocenters. The van der Waals surface area contributed by atoms with Crippen molar-refractivity contribution in [3.63, 3.8) is 0 Å². The SMILES string of the molecule is CC(C)C(C(=O)N1CCN(CC(=O)N2CCCCC2C)CC1)n1cnc2cc(F)c(F)cc21. The smallest absolute Gasteiger partial charge is 0.246 e. The summed E-state index contributed by atoms with van der Waals surface area (Å²) in [4.78, 5) is 36.3. The van der Waals surface area contributed by atoms with Gasteiger partial charge in [0.2, 0.25) is 11.8 Å². The van der Waals surface area contributed by atoms with E-state index in [9.17, 15) is 18.4 Å². The van der Waals surface area contributed by atoms with Crippen molar-refractivity contribution in [2.24, 2.45) is 5.92 Å². The zero-order valence-electron chi connectivity index (χ0n) is 19.6. The molecule has 2 aromatic rings. The summed E-state index contributed by atoms with van der Waals surface area (Å²) in [6, 6.07) is 1.89. The Morgan fingerprint density at radius 3 is 2.42 bits per heavy atom. The number of hydrogen-bond acceptors (Lipinski definition) is 4. The third kappa shape index (κ3) is 4.88. The third-order valence-electron chi connectivity index (χ3n) is 6.97. The van der Waals surface area contributed by atoms with Crippen LogP contribution in [0.25, 0.3) is 11.0 Å². The van der Waals surface area contributed by atoms with Gasteiger partial charge in [-0.25, -0.2) is 13.8 Å². The second-order valence-electron chi connectivity index (χ2n) is 9.63. The van der Waals surface area contributed by atoms with E-state index in [4.69, 9.17) is 0 Å². The number of likely N-dealkylation sites (tertiary alicyclic amines) is 1. The van der Waals surface area contributed by atoms with E-state index in [2.05, 4.69) is 16.8 Å². The molecule has 2 unspecified atom stereocenters.